The standard InChI is InChI=1S/C27H27N7O3S/c35-20-9-6-17(7-10-20)29-25-30-18(12-16-4-2-1-3-5-16)13-23(32-25)33-26-31-21-11-8-19(14-22(21)38-26)34-24(36)15-28-27(34)37/h1-5,8,11,13-14,17,20,35H,6-7,9-10,12,15H2,(H,28,37)(H2,29,30,31,32,33). The van der Waals surface area contributed by atoms with Crippen molar-refractivity contribution in [3.63, 3.8) is 0 Å². The molecule has 2 fully saturated rings. The Bertz CT molecular complexity index is 1470. The number of hydrogen-bond acceptors (Lipinski definition) is 9. The highest BCUT2D eigenvalue weighted by atomic mass is 32.1. The summed E-state index contributed by atoms with van der Waals surface area (Å²) in [5.41, 5.74) is 3.29. The molecule has 38 heavy (non-hydrogen) atoms. The fourth-order valence-electron chi connectivity index (χ4n) is 4.82. The Hall–Kier alpha value is -4.09. The van der Waals surface area contributed by atoms with Crippen LogP contribution in [0.3, 0.4) is 0 Å². The van der Waals surface area contributed by atoms with Crippen LogP contribution < -0.4 is 20.9 Å². The van der Waals surface area contributed by atoms with E-state index in [0.717, 1.165) is 52.1 Å². The third-order valence-electron chi connectivity index (χ3n) is 6.75. The molecule has 0 bridgehead atoms. The number of nitrogens with one attached hydrogen (secondary N) is 3. The zero-order chi connectivity index (χ0) is 26.1. The van der Waals surface area contributed by atoms with Crippen LogP contribution in [0.5, 0.6) is 0 Å². The van der Waals surface area contributed by atoms with Crippen LogP contribution in [0.1, 0.15) is 36.9 Å². The monoisotopic (exact) mass is 529 g/mol. The van der Waals surface area contributed by atoms with E-state index in [4.69, 9.17) is 9.97 Å². The molecule has 0 radical (unpaired) electrons. The van der Waals surface area contributed by atoms with E-state index in [2.05, 4.69) is 33.1 Å². The highest BCUT2D eigenvalue weighted by molar-refractivity contribution is 7.22. The molecule has 10 nitrogen and oxygen atoms in total. The smallest absolute Gasteiger partial charge is 0.329 e. The third-order valence-corrected chi connectivity index (χ3v) is 7.68. The van der Waals surface area contributed by atoms with Crippen LogP contribution in [0.4, 0.5) is 27.4 Å². The summed E-state index contributed by atoms with van der Waals surface area (Å²) in [6.07, 6.45) is 3.70. The van der Waals surface area contributed by atoms with Crippen LogP contribution in [0, 0.1) is 0 Å². The first-order chi connectivity index (χ1) is 18.5. The van der Waals surface area contributed by atoms with Gasteiger partial charge in [-0.2, -0.15) is 4.98 Å². The van der Waals surface area contributed by atoms with E-state index in [1.807, 2.05) is 24.3 Å². The molecule has 3 heterocycles. The van der Waals surface area contributed by atoms with Crippen molar-refractivity contribution in [3.8, 4) is 0 Å². The van der Waals surface area contributed by atoms with E-state index in [1.54, 1.807) is 18.2 Å². The largest absolute Gasteiger partial charge is 0.393 e. The molecule has 0 spiro atoms. The molecule has 4 N–H and O–H groups in total. The van der Waals surface area contributed by atoms with Crippen molar-refractivity contribution in [1.29, 1.82) is 0 Å². The Balaban J connectivity index is 1.26. The molecule has 1 aliphatic heterocycles. The Morgan fingerprint density at radius 1 is 1.00 bits per heavy atom. The minimum Gasteiger partial charge on any atom is -0.393 e. The number of carbonyl (C=O) groups excluding carboxylic acids is 2. The fraction of sp³-hybridized carbons (Fsp3) is 0.296. The zero-order valence-electron chi connectivity index (χ0n) is 20.6. The summed E-state index contributed by atoms with van der Waals surface area (Å²) >= 11 is 1.42. The van der Waals surface area contributed by atoms with Crippen molar-refractivity contribution in [2.24, 2.45) is 0 Å². The topological polar surface area (TPSA) is 132 Å². The van der Waals surface area contributed by atoms with E-state index < -0.39 is 6.03 Å². The molecule has 2 aromatic heterocycles. The number of amides is 3. The number of thiazole rings is 1. The lowest BCUT2D eigenvalue weighted by Gasteiger charge is -2.26. The van der Waals surface area contributed by atoms with E-state index in [9.17, 15) is 14.7 Å². The van der Waals surface area contributed by atoms with Crippen molar-refractivity contribution >= 4 is 56.1 Å². The molecule has 2 aromatic carbocycles. The van der Waals surface area contributed by atoms with Crippen LogP contribution >= 0.6 is 11.3 Å². The molecule has 0 atom stereocenters. The molecule has 6 rings (SSSR count). The Kier molecular flexibility index (Phi) is 6.61. The van der Waals surface area contributed by atoms with Gasteiger partial charge in [0.1, 0.15) is 5.82 Å². The van der Waals surface area contributed by atoms with Gasteiger partial charge in [-0.05, 0) is 49.4 Å². The molecule has 4 aromatic rings. The zero-order valence-corrected chi connectivity index (χ0v) is 21.4. The Labute approximate surface area is 223 Å². The number of fused-ring (bicyclic) bond motifs is 1. The summed E-state index contributed by atoms with van der Waals surface area (Å²) in [7, 11) is 0. The number of carbonyl (C=O) groups is 2. The molecular formula is C27H27N7O3S. The van der Waals surface area contributed by atoms with Crippen LogP contribution in [0.2, 0.25) is 0 Å². The second-order valence-corrected chi connectivity index (χ2v) is 10.6. The van der Waals surface area contributed by atoms with Crippen molar-refractivity contribution in [3.05, 3.63) is 65.9 Å². The summed E-state index contributed by atoms with van der Waals surface area (Å²) in [5.74, 6) is 0.888. The number of hydrogen-bond donors (Lipinski definition) is 4. The number of benzene rings is 2. The molecule has 3 amide bonds. The number of imide groups is 1. The summed E-state index contributed by atoms with van der Waals surface area (Å²) in [6, 6.07) is 17.2. The van der Waals surface area contributed by atoms with Crippen molar-refractivity contribution < 1.29 is 14.7 Å². The lowest BCUT2D eigenvalue weighted by atomic mass is 9.93. The molecule has 1 aliphatic carbocycles. The van der Waals surface area contributed by atoms with Gasteiger partial charge in [0.15, 0.2) is 5.13 Å². The van der Waals surface area contributed by atoms with Gasteiger partial charge in [-0.15, -0.1) is 0 Å². The quantitative estimate of drug-likeness (QED) is 0.262. The van der Waals surface area contributed by atoms with E-state index >= 15 is 0 Å². The van der Waals surface area contributed by atoms with Gasteiger partial charge in [0.25, 0.3) is 5.91 Å². The van der Waals surface area contributed by atoms with Gasteiger partial charge in [-0.1, -0.05) is 41.7 Å². The lowest BCUT2D eigenvalue weighted by molar-refractivity contribution is -0.115. The second kappa shape index (κ2) is 10.3. The minimum absolute atomic E-state index is 0.00318. The SMILES string of the molecule is O=C1CNC(=O)N1c1ccc2nc(Nc3cc(Cc4ccccc4)nc(NC4CCC(O)CC4)n3)sc2c1. The number of rotatable bonds is 7. The number of nitrogens with zero attached hydrogens (tertiary/aromatic N) is 4. The molecule has 11 heteroatoms. The summed E-state index contributed by atoms with van der Waals surface area (Å²) in [6.45, 7) is 0.00318. The highest BCUT2D eigenvalue weighted by Crippen LogP contribution is 2.32. The number of aliphatic hydroxyl groups is 1. The van der Waals surface area contributed by atoms with Gasteiger partial charge in [-0.3, -0.25) is 4.79 Å². The highest BCUT2D eigenvalue weighted by Gasteiger charge is 2.30. The Morgan fingerprint density at radius 2 is 1.82 bits per heavy atom. The van der Waals surface area contributed by atoms with E-state index in [1.165, 1.54) is 11.3 Å². The first-order valence-electron chi connectivity index (χ1n) is 12.6. The first-order valence-corrected chi connectivity index (χ1v) is 13.5. The first kappa shape index (κ1) is 24.3. The predicted molar refractivity (Wildman–Crippen MR) is 147 cm³/mol. The Morgan fingerprint density at radius 3 is 2.58 bits per heavy atom. The molecule has 0 unspecified atom stereocenters. The van der Waals surface area contributed by atoms with Gasteiger partial charge in [0.2, 0.25) is 5.95 Å². The van der Waals surface area contributed by atoms with E-state index in [0.29, 0.717) is 29.0 Å². The lowest BCUT2D eigenvalue weighted by Crippen LogP contribution is -2.30. The number of aromatic nitrogens is 3. The molecular weight excluding hydrogens is 502 g/mol. The predicted octanol–water partition coefficient (Wildman–Crippen LogP) is 4.19. The average Bonchev–Trinajstić information content (AvgIpc) is 3.46. The third kappa shape index (κ3) is 5.29. The average molecular weight is 530 g/mol. The van der Waals surface area contributed by atoms with Crippen LogP contribution in [0.15, 0.2) is 54.6 Å². The maximum Gasteiger partial charge on any atom is 0.329 e. The summed E-state index contributed by atoms with van der Waals surface area (Å²) in [5, 5.41) is 19.8. The normalized spacial score (nSPS) is 19.6. The van der Waals surface area contributed by atoms with Crippen molar-refractivity contribution in [2.75, 3.05) is 22.1 Å². The molecule has 1 saturated carbocycles. The summed E-state index contributed by atoms with van der Waals surface area (Å²) in [4.78, 5) is 39.5. The number of anilines is 4. The van der Waals surface area contributed by atoms with Crippen molar-refractivity contribution in [1.82, 2.24) is 20.3 Å². The maximum absolute atomic E-state index is 12.1. The van der Waals surface area contributed by atoms with Gasteiger partial charge in [0, 0.05) is 18.5 Å². The number of aliphatic hydroxyl groups excluding tert-OH is 1. The second-order valence-electron chi connectivity index (χ2n) is 9.56. The molecule has 1 saturated heterocycles. The molecule has 2 aliphatic rings. The number of urea groups is 1. The van der Waals surface area contributed by atoms with Gasteiger partial charge in [-0.25, -0.2) is 19.7 Å². The minimum atomic E-state index is -0.420. The maximum atomic E-state index is 12.1. The van der Waals surface area contributed by atoms with Gasteiger partial charge < -0.3 is 21.1 Å². The molecule has 194 valence electrons. The van der Waals surface area contributed by atoms with Gasteiger partial charge >= 0.3 is 6.03 Å². The van der Waals surface area contributed by atoms with Crippen molar-refractivity contribution in [2.45, 2.75) is 44.2 Å². The van der Waals surface area contributed by atoms with Crippen LogP contribution in [0.25, 0.3) is 10.2 Å². The van der Waals surface area contributed by atoms with Gasteiger partial charge in [0.05, 0.1) is 34.2 Å². The van der Waals surface area contributed by atoms with Crippen LogP contribution in [-0.4, -0.2) is 50.7 Å². The van der Waals surface area contributed by atoms with E-state index in [-0.39, 0.29) is 24.6 Å². The summed E-state index contributed by atoms with van der Waals surface area (Å²) < 4.78 is 0.843. The van der Waals surface area contributed by atoms with Crippen LogP contribution in [-0.2, 0) is 11.2 Å². The fourth-order valence-corrected chi connectivity index (χ4v) is 5.73.